The molecule has 0 radical (unpaired) electrons. The maximum atomic E-state index is 11.8. The van der Waals surface area contributed by atoms with Gasteiger partial charge in [-0.05, 0) is 12.1 Å². The number of carbonyl (C=O) groups excluding carboxylic acids is 2. The molecular weight excluding hydrogens is 298 g/mol. The summed E-state index contributed by atoms with van der Waals surface area (Å²) in [6, 6.07) is 6.11. The van der Waals surface area contributed by atoms with Gasteiger partial charge in [0.05, 0.1) is 24.8 Å². The molecule has 0 N–H and O–H groups in total. The molecule has 0 atom stereocenters. The van der Waals surface area contributed by atoms with E-state index in [9.17, 15) is 18.0 Å². The lowest BCUT2D eigenvalue weighted by Gasteiger charge is -2.24. The van der Waals surface area contributed by atoms with Crippen molar-refractivity contribution in [3.63, 3.8) is 0 Å². The first-order valence-corrected chi connectivity index (χ1v) is 7.86. The Balaban J connectivity index is 3.25. The molecule has 0 saturated carbocycles. The molecule has 0 aliphatic rings. The van der Waals surface area contributed by atoms with Crippen LogP contribution < -0.4 is 4.90 Å². The first-order chi connectivity index (χ1) is 9.79. The van der Waals surface area contributed by atoms with Crippen LogP contribution in [0.4, 0.5) is 5.69 Å². The van der Waals surface area contributed by atoms with Gasteiger partial charge in [-0.3, -0.25) is 9.59 Å². The van der Waals surface area contributed by atoms with Crippen molar-refractivity contribution >= 4 is 27.5 Å². The van der Waals surface area contributed by atoms with Crippen LogP contribution in [0.5, 0.6) is 0 Å². The average molecular weight is 315 g/mol. The van der Waals surface area contributed by atoms with E-state index in [0.29, 0.717) is 0 Å². The van der Waals surface area contributed by atoms with Gasteiger partial charge in [0.1, 0.15) is 13.1 Å². The molecule has 0 amide bonds. The number of esters is 2. The third-order valence-corrected chi connectivity index (χ3v) is 3.84. The van der Waals surface area contributed by atoms with Crippen molar-refractivity contribution in [2.24, 2.45) is 0 Å². The van der Waals surface area contributed by atoms with Crippen LogP contribution in [0.3, 0.4) is 0 Å². The second-order valence-corrected chi connectivity index (χ2v) is 6.23. The molecule has 7 nitrogen and oxygen atoms in total. The second kappa shape index (κ2) is 7.07. The van der Waals surface area contributed by atoms with Crippen molar-refractivity contribution in [2.75, 3.05) is 38.5 Å². The number of methoxy groups -OCH3 is 2. The van der Waals surface area contributed by atoms with Crippen LogP contribution in [0.2, 0.25) is 0 Å². The monoisotopic (exact) mass is 315 g/mol. The molecule has 21 heavy (non-hydrogen) atoms. The van der Waals surface area contributed by atoms with Crippen molar-refractivity contribution < 1.29 is 27.5 Å². The highest BCUT2D eigenvalue weighted by atomic mass is 32.2. The molecule has 0 bridgehead atoms. The topological polar surface area (TPSA) is 90.0 Å². The minimum Gasteiger partial charge on any atom is -0.468 e. The summed E-state index contributed by atoms with van der Waals surface area (Å²) in [4.78, 5) is 24.2. The van der Waals surface area contributed by atoms with Gasteiger partial charge in [-0.15, -0.1) is 0 Å². The molecule has 1 aromatic carbocycles. The SMILES string of the molecule is COC(=O)CN(CC(=O)OC)c1ccccc1S(C)(=O)=O. The minimum atomic E-state index is -3.51. The predicted molar refractivity (Wildman–Crippen MR) is 75.8 cm³/mol. The number of carbonyl (C=O) groups is 2. The summed E-state index contributed by atoms with van der Waals surface area (Å²) in [7, 11) is -1.09. The van der Waals surface area contributed by atoms with E-state index < -0.39 is 21.8 Å². The van der Waals surface area contributed by atoms with Gasteiger partial charge in [-0.25, -0.2) is 8.42 Å². The fourth-order valence-corrected chi connectivity index (χ4v) is 2.60. The molecule has 0 aliphatic carbocycles. The highest BCUT2D eigenvalue weighted by molar-refractivity contribution is 7.90. The smallest absolute Gasteiger partial charge is 0.325 e. The van der Waals surface area contributed by atoms with Gasteiger partial charge in [-0.2, -0.15) is 0 Å². The summed E-state index contributed by atoms with van der Waals surface area (Å²) in [5.41, 5.74) is 0.246. The second-order valence-electron chi connectivity index (χ2n) is 4.25. The Labute approximate surface area is 123 Å². The Morgan fingerprint density at radius 2 is 1.52 bits per heavy atom. The number of ether oxygens (including phenoxy) is 2. The minimum absolute atomic E-state index is 0.0257. The third kappa shape index (κ3) is 4.75. The molecule has 0 saturated heterocycles. The first kappa shape index (κ1) is 17.0. The summed E-state index contributed by atoms with van der Waals surface area (Å²) < 4.78 is 32.7. The standard InChI is InChI=1S/C13H17NO6S/c1-19-12(15)8-14(9-13(16)20-2)10-6-4-5-7-11(10)21(3,17)18/h4-7H,8-9H2,1-3H3. The molecule has 0 aromatic heterocycles. The number of hydrogen-bond acceptors (Lipinski definition) is 7. The van der Waals surface area contributed by atoms with Gasteiger partial charge in [0.25, 0.3) is 0 Å². The summed E-state index contributed by atoms with van der Waals surface area (Å²) in [5.74, 6) is -1.19. The number of anilines is 1. The highest BCUT2D eigenvalue weighted by Gasteiger charge is 2.22. The van der Waals surface area contributed by atoms with Crippen molar-refractivity contribution in [3.8, 4) is 0 Å². The number of hydrogen-bond donors (Lipinski definition) is 0. The van der Waals surface area contributed by atoms with Gasteiger partial charge < -0.3 is 14.4 Å². The van der Waals surface area contributed by atoms with E-state index in [1.165, 1.54) is 31.3 Å². The molecular formula is C13H17NO6S. The number of rotatable bonds is 6. The van der Waals surface area contributed by atoms with Gasteiger partial charge in [-0.1, -0.05) is 12.1 Å². The number of benzene rings is 1. The Kier molecular flexibility index (Phi) is 5.71. The molecule has 1 rings (SSSR count). The molecule has 0 spiro atoms. The lowest BCUT2D eigenvalue weighted by Crippen LogP contribution is -2.36. The zero-order valence-corrected chi connectivity index (χ0v) is 12.8. The Hall–Kier alpha value is -2.09. The van der Waals surface area contributed by atoms with Crippen LogP contribution in [-0.4, -0.2) is 53.9 Å². The summed E-state index contributed by atoms with van der Waals surface area (Å²) in [5, 5.41) is 0. The Morgan fingerprint density at radius 1 is 1.05 bits per heavy atom. The number of nitrogens with zero attached hydrogens (tertiary/aromatic N) is 1. The van der Waals surface area contributed by atoms with E-state index in [-0.39, 0.29) is 23.7 Å². The molecule has 0 aliphatic heterocycles. The van der Waals surface area contributed by atoms with Crippen molar-refractivity contribution in [3.05, 3.63) is 24.3 Å². The van der Waals surface area contributed by atoms with E-state index in [4.69, 9.17) is 0 Å². The van der Waals surface area contributed by atoms with Crippen LogP contribution in [0.15, 0.2) is 29.2 Å². The predicted octanol–water partition coefficient (Wildman–Crippen LogP) is 0.242. The summed E-state index contributed by atoms with van der Waals surface area (Å²) in [6.07, 6.45) is 1.06. The summed E-state index contributed by atoms with van der Waals surface area (Å²) >= 11 is 0. The van der Waals surface area contributed by atoms with Crippen molar-refractivity contribution in [2.45, 2.75) is 4.90 Å². The lowest BCUT2D eigenvalue weighted by atomic mass is 10.3. The summed E-state index contributed by atoms with van der Waals surface area (Å²) in [6.45, 7) is -0.531. The molecule has 0 unspecified atom stereocenters. The van der Waals surface area contributed by atoms with Crippen LogP contribution in [-0.2, 0) is 28.9 Å². The van der Waals surface area contributed by atoms with Crippen LogP contribution in [0.25, 0.3) is 0 Å². The van der Waals surface area contributed by atoms with Crippen molar-refractivity contribution in [1.82, 2.24) is 0 Å². The maximum Gasteiger partial charge on any atom is 0.325 e. The van der Waals surface area contributed by atoms with Crippen molar-refractivity contribution in [1.29, 1.82) is 0 Å². The molecule has 0 heterocycles. The zero-order chi connectivity index (χ0) is 16.0. The third-order valence-electron chi connectivity index (χ3n) is 2.70. The fourth-order valence-electron chi connectivity index (χ4n) is 1.70. The van der Waals surface area contributed by atoms with E-state index >= 15 is 0 Å². The number of para-hydroxylation sites is 1. The van der Waals surface area contributed by atoms with E-state index in [0.717, 1.165) is 6.26 Å². The van der Waals surface area contributed by atoms with Gasteiger partial charge in [0.15, 0.2) is 9.84 Å². The zero-order valence-electron chi connectivity index (χ0n) is 12.0. The largest absolute Gasteiger partial charge is 0.468 e. The van der Waals surface area contributed by atoms with Gasteiger partial charge >= 0.3 is 11.9 Å². The average Bonchev–Trinajstić information content (AvgIpc) is 2.45. The quantitative estimate of drug-likeness (QED) is 0.695. The first-order valence-electron chi connectivity index (χ1n) is 5.97. The molecule has 8 heteroatoms. The van der Waals surface area contributed by atoms with Crippen LogP contribution in [0.1, 0.15) is 0 Å². The van der Waals surface area contributed by atoms with E-state index in [2.05, 4.69) is 9.47 Å². The Bertz CT molecular complexity index is 607. The van der Waals surface area contributed by atoms with Crippen LogP contribution >= 0.6 is 0 Å². The fraction of sp³-hybridized carbons (Fsp3) is 0.385. The van der Waals surface area contributed by atoms with Gasteiger partial charge in [0.2, 0.25) is 0 Å². The molecule has 1 aromatic rings. The van der Waals surface area contributed by atoms with Crippen LogP contribution in [0, 0.1) is 0 Å². The lowest BCUT2D eigenvalue weighted by molar-refractivity contribution is -0.140. The van der Waals surface area contributed by atoms with E-state index in [1.54, 1.807) is 12.1 Å². The Morgan fingerprint density at radius 3 is 1.95 bits per heavy atom. The molecule has 116 valence electrons. The van der Waals surface area contributed by atoms with Gasteiger partial charge in [0, 0.05) is 6.26 Å². The normalized spacial score (nSPS) is 10.8. The maximum absolute atomic E-state index is 11.8. The van der Waals surface area contributed by atoms with E-state index in [1.807, 2.05) is 0 Å². The number of sulfone groups is 1. The molecule has 0 fully saturated rings. The highest BCUT2D eigenvalue weighted by Crippen LogP contribution is 2.24.